The van der Waals surface area contributed by atoms with E-state index in [2.05, 4.69) is 34.8 Å². The van der Waals surface area contributed by atoms with Crippen LogP contribution in [0.4, 0.5) is 11.4 Å². The number of carbonyl (C=O) groups excluding carboxylic acids is 1. The number of para-hydroxylation sites is 1. The number of rotatable bonds is 4. The van der Waals surface area contributed by atoms with Crippen molar-refractivity contribution in [3.63, 3.8) is 0 Å². The Hall–Kier alpha value is -1.94. The maximum Gasteiger partial charge on any atom is 0.277 e. The summed E-state index contributed by atoms with van der Waals surface area (Å²) in [6, 6.07) is 15.6. The molecule has 2 aromatic carbocycles. The molecule has 118 valence electrons. The van der Waals surface area contributed by atoms with Crippen molar-refractivity contribution in [2.45, 2.75) is 20.3 Å². The molecule has 3 nitrogen and oxygen atoms in total. The van der Waals surface area contributed by atoms with Crippen LogP contribution >= 0.6 is 15.9 Å². The van der Waals surface area contributed by atoms with Crippen LogP contribution in [0.1, 0.15) is 25.8 Å². The molecule has 23 heavy (non-hydrogen) atoms. The van der Waals surface area contributed by atoms with Gasteiger partial charge in [-0.1, -0.05) is 54.0 Å². The number of halogens is 1. The van der Waals surface area contributed by atoms with E-state index in [0.29, 0.717) is 11.6 Å². The van der Waals surface area contributed by atoms with Crippen molar-refractivity contribution in [3.05, 3.63) is 58.6 Å². The van der Waals surface area contributed by atoms with Crippen LogP contribution in [-0.4, -0.2) is 18.2 Å². The lowest BCUT2D eigenvalue weighted by Gasteiger charge is -2.17. The Labute approximate surface area is 145 Å². The zero-order valence-electron chi connectivity index (χ0n) is 13.3. The number of hydrogen-bond donors (Lipinski definition) is 0. The van der Waals surface area contributed by atoms with E-state index in [1.807, 2.05) is 53.4 Å². The molecule has 0 bridgehead atoms. The second kappa shape index (κ2) is 6.67. The highest BCUT2D eigenvalue weighted by molar-refractivity contribution is 9.10. The molecule has 4 heteroatoms. The number of amides is 1. The molecule has 3 rings (SSSR count). The van der Waals surface area contributed by atoms with E-state index in [1.165, 1.54) is 0 Å². The average molecular weight is 371 g/mol. The van der Waals surface area contributed by atoms with Gasteiger partial charge in [-0.25, -0.2) is 4.99 Å². The number of anilines is 1. The van der Waals surface area contributed by atoms with Crippen molar-refractivity contribution in [3.8, 4) is 0 Å². The second-order valence-corrected chi connectivity index (χ2v) is 7.01. The molecule has 1 amide bonds. The fourth-order valence-electron chi connectivity index (χ4n) is 2.65. The van der Waals surface area contributed by atoms with Crippen LogP contribution in [0.2, 0.25) is 0 Å². The summed E-state index contributed by atoms with van der Waals surface area (Å²) in [5.74, 6) is 0.549. The van der Waals surface area contributed by atoms with E-state index in [-0.39, 0.29) is 5.91 Å². The smallest absolute Gasteiger partial charge is 0.277 e. The lowest BCUT2D eigenvalue weighted by Crippen LogP contribution is -2.31. The minimum atomic E-state index is -0.00757. The average Bonchev–Trinajstić information content (AvgIpc) is 2.78. The van der Waals surface area contributed by atoms with Gasteiger partial charge in [-0.2, -0.15) is 0 Å². The summed E-state index contributed by atoms with van der Waals surface area (Å²) in [7, 11) is 0. The predicted octanol–water partition coefficient (Wildman–Crippen LogP) is 4.96. The van der Waals surface area contributed by atoms with E-state index in [4.69, 9.17) is 0 Å². The van der Waals surface area contributed by atoms with Crippen molar-refractivity contribution < 1.29 is 4.79 Å². The lowest BCUT2D eigenvalue weighted by molar-refractivity contribution is -0.112. The Bertz CT molecular complexity index is 767. The quantitative estimate of drug-likeness (QED) is 0.748. The molecule has 0 aliphatic carbocycles. The molecule has 0 aromatic heterocycles. The maximum atomic E-state index is 12.8. The number of aliphatic imine (C=N–C) groups is 1. The van der Waals surface area contributed by atoms with Gasteiger partial charge in [-0.15, -0.1) is 0 Å². The van der Waals surface area contributed by atoms with Crippen LogP contribution in [-0.2, 0) is 4.79 Å². The molecule has 0 saturated heterocycles. The molecule has 0 radical (unpaired) electrons. The number of fused-ring (bicyclic) bond motifs is 1. The minimum absolute atomic E-state index is 0.00757. The molecule has 0 unspecified atom stereocenters. The third-order valence-electron chi connectivity index (χ3n) is 3.88. The summed E-state index contributed by atoms with van der Waals surface area (Å²) in [4.78, 5) is 19.3. The van der Waals surface area contributed by atoms with Gasteiger partial charge >= 0.3 is 0 Å². The van der Waals surface area contributed by atoms with Gasteiger partial charge in [0.05, 0.1) is 11.4 Å². The number of carbonyl (C=O) groups is 1. The summed E-state index contributed by atoms with van der Waals surface area (Å²) in [6.07, 6.45) is 0.976. The van der Waals surface area contributed by atoms with Crippen molar-refractivity contribution in [1.82, 2.24) is 0 Å². The topological polar surface area (TPSA) is 32.7 Å². The zero-order chi connectivity index (χ0) is 16.4. The van der Waals surface area contributed by atoms with E-state index in [0.717, 1.165) is 34.4 Å². The first-order chi connectivity index (χ1) is 11.1. The second-order valence-electron chi connectivity index (χ2n) is 6.10. The van der Waals surface area contributed by atoms with Crippen LogP contribution in [0, 0.1) is 5.92 Å². The first-order valence-corrected chi connectivity index (χ1v) is 8.61. The van der Waals surface area contributed by atoms with Gasteiger partial charge in [-0.3, -0.25) is 4.79 Å². The van der Waals surface area contributed by atoms with Gasteiger partial charge < -0.3 is 4.90 Å². The summed E-state index contributed by atoms with van der Waals surface area (Å²) in [6.45, 7) is 5.07. The van der Waals surface area contributed by atoms with Gasteiger partial charge in [0.2, 0.25) is 0 Å². The highest BCUT2D eigenvalue weighted by atomic mass is 79.9. The summed E-state index contributed by atoms with van der Waals surface area (Å²) in [5.41, 5.74) is 3.19. The first kappa shape index (κ1) is 15.9. The molecule has 0 N–H and O–H groups in total. The third kappa shape index (κ3) is 3.37. The maximum absolute atomic E-state index is 12.8. The van der Waals surface area contributed by atoms with Crippen LogP contribution in [0.3, 0.4) is 0 Å². The monoisotopic (exact) mass is 370 g/mol. The van der Waals surface area contributed by atoms with Crippen molar-refractivity contribution in [1.29, 1.82) is 0 Å². The van der Waals surface area contributed by atoms with Crippen molar-refractivity contribution in [2.75, 3.05) is 11.4 Å². The summed E-state index contributed by atoms with van der Waals surface area (Å²) < 4.78 is 0.953. The molecule has 2 aromatic rings. The van der Waals surface area contributed by atoms with Crippen LogP contribution < -0.4 is 4.90 Å². The molecule has 1 aliphatic rings. The van der Waals surface area contributed by atoms with Crippen LogP contribution in [0.5, 0.6) is 0 Å². The lowest BCUT2D eigenvalue weighted by atomic mass is 10.1. The van der Waals surface area contributed by atoms with Gasteiger partial charge in [0.15, 0.2) is 0 Å². The third-order valence-corrected chi connectivity index (χ3v) is 4.37. The number of benzene rings is 2. The zero-order valence-corrected chi connectivity index (χ0v) is 14.9. The largest absolute Gasteiger partial charge is 0.306 e. The molecule has 1 heterocycles. The fourth-order valence-corrected chi connectivity index (χ4v) is 3.04. The summed E-state index contributed by atoms with van der Waals surface area (Å²) in [5, 5.41) is 0. The molecular weight excluding hydrogens is 352 g/mol. The van der Waals surface area contributed by atoms with E-state index in [9.17, 15) is 4.79 Å². The Kier molecular flexibility index (Phi) is 4.62. The van der Waals surface area contributed by atoms with Gasteiger partial charge in [0.25, 0.3) is 5.91 Å². The standard InChI is InChI=1S/C19H19BrN2O/c1-13(2)10-11-22-17-9-4-3-8-16(17)18(19(22)23)21-15-7-5-6-14(20)12-15/h3-9,12-13H,10-11H2,1-2H3. The molecule has 0 saturated carbocycles. The van der Waals surface area contributed by atoms with E-state index < -0.39 is 0 Å². The fraction of sp³-hybridized carbons (Fsp3) is 0.263. The number of hydrogen-bond acceptors (Lipinski definition) is 2. The predicted molar refractivity (Wildman–Crippen MR) is 98.6 cm³/mol. The number of nitrogens with zero attached hydrogens (tertiary/aromatic N) is 2. The first-order valence-electron chi connectivity index (χ1n) is 7.82. The Morgan fingerprint density at radius 2 is 1.91 bits per heavy atom. The SMILES string of the molecule is CC(C)CCN1C(=O)C(=Nc2cccc(Br)c2)c2ccccc21. The molecule has 0 spiro atoms. The molecular formula is C19H19BrN2O. The molecule has 0 fully saturated rings. The normalized spacial score (nSPS) is 15.6. The van der Waals surface area contributed by atoms with Gasteiger partial charge in [0, 0.05) is 16.6 Å². The van der Waals surface area contributed by atoms with Gasteiger partial charge in [-0.05, 0) is 36.6 Å². The van der Waals surface area contributed by atoms with Gasteiger partial charge in [0.1, 0.15) is 5.71 Å². The van der Waals surface area contributed by atoms with E-state index in [1.54, 1.807) is 0 Å². The molecule has 0 atom stereocenters. The van der Waals surface area contributed by atoms with Crippen molar-refractivity contribution in [2.24, 2.45) is 10.9 Å². The molecule has 1 aliphatic heterocycles. The van der Waals surface area contributed by atoms with Crippen LogP contribution in [0.15, 0.2) is 58.0 Å². The Balaban J connectivity index is 2.00. The minimum Gasteiger partial charge on any atom is -0.306 e. The summed E-state index contributed by atoms with van der Waals surface area (Å²) >= 11 is 3.45. The Morgan fingerprint density at radius 3 is 2.65 bits per heavy atom. The highest BCUT2D eigenvalue weighted by Gasteiger charge is 2.33. The van der Waals surface area contributed by atoms with Crippen molar-refractivity contribution >= 4 is 38.9 Å². The van der Waals surface area contributed by atoms with Crippen LogP contribution in [0.25, 0.3) is 0 Å². The van der Waals surface area contributed by atoms with E-state index >= 15 is 0 Å². The Morgan fingerprint density at radius 1 is 1.13 bits per heavy atom. The highest BCUT2D eigenvalue weighted by Crippen LogP contribution is 2.31.